The molecule has 0 unspecified atom stereocenters. The molecule has 102 valence electrons. The van der Waals surface area contributed by atoms with Crippen LogP contribution in [0, 0.1) is 17.8 Å². The molecule has 1 saturated heterocycles. The number of nitrogens with zero attached hydrogens (tertiary/aromatic N) is 1. The highest BCUT2D eigenvalue weighted by molar-refractivity contribution is 5.79. The van der Waals surface area contributed by atoms with E-state index in [4.69, 9.17) is 4.74 Å². The van der Waals surface area contributed by atoms with Crippen molar-refractivity contribution in [2.75, 3.05) is 39.4 Å². The molecule has 0 aromatic rings. The molecule has 1 amide bonds. The number of nitrogens with one attached hydrogen (secondary N) is 1. The van der Waals surface area contributed by atoms with Crippen molar-refractivity contribution < 1.29 is 9.53 Å². The lowest BCUT2D eigenvalue weighted by molar-refractivity contribution is -0.126. The van der Waals surface area contributed by atoms with Crippen LogP contribution in [0.15, 0.2) is 0 Å². The van der Waals surface area contributed by atoms with E-state index in [0.717, 1.165) is 51.7 Å². The summed E-state index contributed by atoms with van der Waals surface area (Å²) in [6, 6.07) is 0. The molecule has 2 aliphatic carbocycles. The molecule has 0 aromatic carbocycles. The van der Waals surface area contributed by atoms with Crippen LogP contribution in [0.2, 0.25) is 0 Å². The van der Waals surface area contributed by atoms with Crippen molar-refractivity contribution >= 4 is 5.91 Å². The third kappa shape index (κ3) is 2.69. The SMILES string of the molecule is O=C(NCCN1CCOCC1)[C@H]1C[C@@H]2CC[C@H]1C2. The van der Waals surface area contributed by atoms with Crippen LogP contribution in [0.1, 0.15) is 25.7 Å². The second-order valence-corrected chi connectivity index (χ2v) is 6.03. The van der Waals surface area contributed by atoms with Crippen LogP contribution >= 0.6 is 0 Å². The van der Waals surface area contributed by atoms with Crippen molar-refractivity contribution in [2.24, 2.45) is 17.8 Å². The van der Waals surface area contributed by atoms with Gasteiger partial charge in [0.15, 0.2) is 0 Å². The molecule has 4 heteroatoms. The van der Waals surface area contributed by atoms with E-state index in [-0.39, 0.29) is 0 Å². The summed E-state index contributed by atoms with van der Waals surface area (Å²) in [5.41, 5.74) is 0. The average molecular weight is 252 g/mol. The van der Waals surface area contributed by atoms with Crippen LogP contribution < -0.4 is 5.32 Å². The zero-order chi connectivity index (χ0) is 12.4. The number of fused-ring (bicyclic) bond motifs is 2. The summed E-state index contributed by atoms with van der Waals surface area (Å²) in [6.45, 7) is 5.44. The standard InChI is InChI=1S/C14H24N2O2/c17-14(13-10-11-1-2-12(13)9-11)15-3-4-16-5-7-18-8-6-16/h11-13H,1-10H2,(H,15,17)/t11-,12+,13+/m1/s1. The van der Waals surface area contributed by atoms with Crippen molar-refractivity contribution in [2.45, 2.75) is 25.7 Å². The Bertz CT molecular complexity index is 302. The van der Waals surface area contributed by atoms with Gasteiger partial charge < -0.3 is 10.1 Å². The van der Waals surface area contributed by atoms with Crippen LogP contribution in [-0.2, 0) is 9.53 Å². The van der Waals surface area contributed by atoms with E-state index in [1.54, 1.807) is 0 Å². The van der Waals surface area contributed by atoms with Gasteiger partial charge in [-0.25, -0.2) is 0 Å². The fourth-order valence-electron chi connectivity index (χ4n) is 3.86. The van der Waals surface area contributed by atoms with Crippen LogP contribution in [0.5, 0.6) is 0 Å². The highest BCUT2D eigenvalue weighted by atomic mass is 16.5. The van der Waals surface area contributed by atoms with Crippen molar-refractivity contribution in [1.29, 1.82) is 0 Å². The highest BCUT2D eigenvalue weighted by Crippen LogP contribution is 2.48. The molecular weight excluding hydrogens is 228 g/mol. The summed E-state index contributed by atoms with van der Waals surface area (Å²) in [7, 11) is 0. The Morgan fingerprint density at radius 1 is 1.22 bits per heavy atom. The number of ether oxygens (including phenoxy) is 1. The van der Waals surface area contributed by atoms with Crippen molar-refractivity contribution in [3.63, 3.8) is 0 Å². The first-order chi connectivity index (χ1) is 8.83. The molecule has 0 aromatic heterocycles. The molecule has 18 heavy (non-hydrogen) atoms. The van der Waals surface area contributed by atoms with Crippen molar-refractivity contribution in [1.82, 2.24) is 10.2 Å². The van der Waals surface area contributed by atoms with Gasteiger partial charge in [-0.05, 0) is 31.1 Å². The Kier molecular flexibility index (Phi) is 3.85. The third-order valence-electron chi connectivity index (χ3n) is 4.91. The minimum Gasteiger partial charge on any atom is -0.379 e. The minimum absolute atomic E-state index is 0.315. The maximum absolute atomic E-state index is 12.1. The van der Waals surface area contributed by atoms with Crippen LogP contribution in [-0.4, -0.2) is 50.2 Å². The van der Waals surface area contributed by atoms with Crippen LogP contribution in [0.25, 0.3) is 0 Å². The lowest BCUT2D eigenvalue weighted by Gasteiger charge is -2.27. The molecule has 4 nitrogen and oxygen atoms in total. The molecule has 1 N–H and O–H groups in total. The summed E-state index contributed by atoms with van der Waals surface area (Å²) in [6.07, 6.45) is 5.10. The topological polar surface area (TPSA) is 41.6 Å². The molecule has 0 radical (unpaired) electrons. The largest absolute Gasteiger partial charge is 0.379 e. The number of morpholine rings is 1. The van der Waals surface area contributed by atoms with E-state index in [9.17, 15) is 4.79 Å². The molecule has 3 aliphatic rings. The van der Waals surface area contributed by atoms with Gasteiger partial charge >= 0.3 is 0 Å². The quantitative estimate of drug-likeness (QED) is 0.807. The lowest BCUT2D eigenvalue weighted by atomic mass is 9.88. The molecule has 3 fully saturated rings. The molecule has 2 bridgehead atoms. The van der Waals surface area contributed by atoms with Gasteiger partial charge in [-0.3, -0.25) is 9.69 Å². The number of carbonyl (C=O) groups excluding carboxylic acids is 1. The molecule has 3 rings (SSSR count). The molecule has 1 heterocycles. The van der Waals surface area contributed by atoms with Gasteiger partial charge in [0, 0.05) is 32.1 Å². The Hall–Kier alpha value is -0.610. The van der Waals surface area contributed by atoms with Gasteiger partial charge in [0.25, 0.3) is 0 Å². The first kappa shape index (κ1) is 12.4. The number of hydrogen-bond donors (Lipinski definition) is 1. The third-order valence-corrected chi connectivity index (χ3v) is 4.91. The van der Waals surface area contributed by atoms with Crippen LogP contribution in [0.3, 0.4) is 0 Å². The summed E-state index contributed by atoms with van der Waals surface area (Å²) in [5, 5.41) is 3.14. The molecule has 2 saturated carbocycles. The molecule has 3 atom stereocenters. The zero-order valence-corrected chi connectivity index (χ0v) is 11.1. The van der Waals surface area contributed by atoms with E-state index in [1.807, 2.05) is 0 Å². The van der Waals surface area contributed by atoms with E-state index in [1.165, 1.54) is 19.3 Å². The Morgan fingerprint density at radius 3 is 2.72 bits per heavy atom. The predicted molar refractivity (Wildman–Crippen MR) is 69.2 cm³/mol. The van der Waals surface area contributed by atoms with Gasteiger partial charge in [-0.15, -0.1) is 0 Å². The second-order valence-electron chi connectivity index (χ2n) is 6.03. The first-order valence-corrected chi connectivity index (χ1v) is 7.41. The summed E-state index contributed by atoms with van der Waals surface area (Å²) in [4.78, 5) is 14.5. The summed E-state index contributed by atoms with van der Waals surface area (Å²) < 4.78 is 5.31. The number of hydrogen-bond acceptors (Lipinski definition) is 3. The van der Waals surface area contributed by atoms with Gasteiger partial charge in [0.05, 0.1) is 13.2 Å². The van der Waals surface area contributed by atoms with Crippen molar-refractivity contribution in [3.05, 3.63) is 0 Å². The van der Waals surface area contributed by atoms with E-state index < -0.39 is 0 Å². The molecule has 1 aliphatic heterocycles. The minimum atomic E-state index is 0.315. The predicted octanol–water partition coefficient (Wildman–Crippen LogP) is 0.871. The van der Waals surface area contributed by atoms with Gasteiger partial charge in [0.1, 0.15) is 0 Å². The Balaban J connectivity index is 1.36. The van der Waals surface area contributed by atoms with Gasteiger partial charge in [0.2, 0.25) is 5.91 Å². The maximum atomic E-state index is 12.1. The maximum Gasteiger partial charge on any atom is 0.223 e. The normalized spacial score (nSPS) is 35.9. The number of carbonyl (C=O) groups is 1. The highest BCUT2D eigenvalue weighted by Gasteiger charge is 2.42. The first-order valence-electron chi connectivity index (χ1n) is 7.41. The van der Waals surface area contributed by atoms with Gasteiger partial charge in [-0.2, -0.15) is 0 Å². The molecular formula is C14H24N2O2. The van der Waals surface area contributed by atoms with Crippen molar-refractivity contribution in [3.8, 4) is 0 Å². The average Bonchev–Trinajstić information content (AvgIpc) is 3.02. The Labute approximate surface area is 109 Å². The number of rotatable bonds is 4. The van der Waals surface area contributed by atoms with Crippen LogP contribution in [0.4, 0.5) is 0 Å². The summed E-state index contributed by atoms with van der Waals surface area (Å²) >= 11 is 0. The van der Waals surface area contributed by atoms with Gasteiger partial charge in [-0.1, -0.05) is 6.42 Å². The van der Waals surface area contributed by atoms with E-state index in [2.05, 4.69) is 10.2 Å². The number of amides is 1. The Morgan fingerprint density at radius 2 is 2.06 bits per heavy atom. The fraction of sp³-hybridized carbons (Fsp3) is 0.929. The fourth-order valence-corrected chi connectivity index (χ4v) is 3.86. The van der Waals surface area contributed by atoms with E-state index >= 15 is 0 Å². The molecule has 0 spiro atoms. The smallest absolute Gasteiger partial charge is 0.223 e. The summed E-state index contributed by atoms with van der Waals surface area (Å²) in [5.74, 6) is 2.19. The lowest BCUT2D eigenvalue weighted by Crippen LogP contribution is -2.43. The monoisotopic (exact) mass is 252 g/mol. The second kappa shape index (κ2) is 5.57. The zero-order valence-electron chi connectivity index (χ0n) is 11.1. The van der Waals surface area contributed by atoms with E-state index in [0.29, 0.717) is 17.7 Å².